The fourth-order valence-corrected chi connectivity index (χ4v) is 0.240. The van der Waals surface area contributed by atoms with Crippen LogP contribution in [0.25, 0.3) is 0 Å². The van der Waals surface area contributed by atoms with Gasteiger partial charge in [0.1, 0.15) is 0 Å². The lowest BCUT2D eigenvalue weighted by Gasteiger charge is -1.89. The van der Waals surface area contributed by atoms with Gasteiger partial charge in [0.2, 0.25) is 0 Å². The third-order valence-electron chi connectivity index (χ3n) is 0.623. The lowest BCUT2D eigenvalue weighted by Crippen LogP contribution is -1.99. The molecule has 0 saturated carbocycles. The van der Waals surface area contributed by atoms with Gasteiger partial charge in [-0.15, -0.1) is 0 Å². The van der Waals surface area contributed by atoms with Crippen LogP contribution in [0.4, 0.5) is 0 Å². The Morgan fingerprint density at radius 1 is 1.46 bits per heavy atom. The van der Waals surface area contributed by atoms with Gasteiger partial charge >= 0.3 is 11.9 Å². The summed E-state index contributed by atoms with van der Waals surface area (Å²) < 4.78 is 8.16. The van der Waals surface area contributed by atoms with E-state index in [2.05, 4.69) is 22.6 Å². The molecule has 5 nitrogen and oxygen atoms in total. The van der Waals surface area contributed by atoms with Gasteiger partial charge in [-0.25, -0.2) is 4.79 Å². The Balaban J connectivity index is 0. The second-order valence-corrected chi connectivity index (χ2v) is 1.57. The molecule has 74 valence electrons. The summed E-state index contributed by atoms with van der Waals surface area (Å²) in [6.45, 7) is 6.99. The van der Waals surface area contributed by atoms with E-state index in [1.807, 2.05) is 0 Å². The van der Waals surface area contributed by atoms with Crippen molar-refractivity contribution in [3.8, 4) is 0 Å². The molecule has 0 spiro atoms. The highest BCUT2D eigenvalue weighted by Gasteiger charge is 1.87. The number of aliphatic hydroxyl groups excluding tert-OH is 1. The van der Waals surface area contributed by atoms with Crippen LogP contribution in [0.3, 0.4) is 0 Å². The minimum atomic E-state index is -0.609. The summed E-state index contributed by atoms with van der Waals surface area (Å²) in [5.74, 6) is -0.937. The molecule has 0 heterocycles. The number of carbonyl (C=O) groups excluding carboxylic acids is 2. The molecule has 5 heteroatoms. The van der Waals surface area contributed by atoms with Crippen LogP contribution in [0.1, 0.15) is 6.92 Å². The Kier molecular flexibility index (Phi) is 11.1. The van der Waals surface area contributed by atoms with E-state index < -0.39 is 12.8 Å². The number of hydrogen-bond donors (Lipinski definition) is 1. The molecule has 0 rings (SSSR count). The minimum Gasteiger partial charge on any atom is -0.436 e. The molecule has 0 aromatic heterocycles. The molecule has 0 fully saturated rings. The number of rotatable bonds is 3. The van der Waals surface area contributed by atoms with E-state index in [4.69, 9.17) is 5.11 Å². The van der Waals surface area contributed by atoms with E-state index in [0.717, 1.165) is 12.3 Å². The van der Waals surface area contributed by atoms with Crippen LogP contribution in [0.15, 0.2) is 25.5 Å². The monoisotopic (exact) mass is 188 g/mol. The van der Waals surface area contributed by atoms with Crippen LogP contribution in [0, 0.1) is 0 Å². The van der Waals surface area contributed by atoms with Crippen molar-refractivity contribution in [1.29, 1.82) is 0 Å². The van der Waals surface area contributed by atoms with E-state index in [-0.39, 0.29) is 5.97 Å². The topological polar surface area (TPSA) is 72.8 Å². The van der Waals surface area contributed by atoms with E-state index in [1.54, 1.807) is 0 Å². The fraction of sp³-hybridized carbons (Fsp3) is 0.250. The number of ether oxygens (including phenoxy) is 2. The largest absolute Gasteiger partial charge is 0.436 e. The maximum absolute atomic E-state index is 9.91. The number of esters is 2. The van der Waals surface area contributed by atoms with Crippen molar-refractivity contribution in [3.05, 3.63) is 25.5 Å². The maximum Gasteiger partial charge on any atom is 0.332 e. The van der Waals surface area contributed by atoms with Gasteiger partial charge in [-0.1, -0.05) is 13.2 Å². The molecule has 1 N–H and O–H groups in total. The predicted molar refractivity (Wildman–Crippen MR) is 45.3 cm³/mol. The van der Waals surface area contributed by atoms with Crippen molar-refractivity contribution in [2.75, 3.05) is 6.79 Å². The van der Waals surface area contributed by atoms with Crippen molar-refractivity contribution in [2.24, 2.45) is 0 Å². The maximum atomic E-state index is 9.91. The van der Waals surface area contributed by atoms with Gasteiger partial charge in [0.05, 0.1) is 6.26 Å². The number of aliphatic hydroxyl groups is 1. The Morgan fingerprint density at radius 3 is 2.08 bits per heavy atom. The lowest BCUT2D eigenvalue weighted by atomic mass is 10.7. The summed E-state index contributed by atoms with van der Waals surface area (Å²) in [6, 6.07) is 0. The molecule has 0 aliphatic heterocycles. The third kappa shape index (κ3) is 17.9. The first-order valence-electron chi connectivity index (χ1n) is 3.26. The SMILES string of the molecule is C=CC(=O)OCO.C=COC(C)=O. The van der Waals surface area contributed by atoms with Crippen molar-refractivity contribution >= 4 is 11.9 Å². The Morgan fingerprint density at radius 2 is 2.00 bits per heavy atom. The van der Waals surface area contributed by atoms with Crippen molar-refractivity contribution in [1.82, 2.24) is 0 Å². The first kappa shape index (κ1) is 13.9. The highest BCUT2D eigenvalue weighted by Crippen LogP contribution is 1.72. The van der Waals surface area contributed by atoms with Crippen LogP contribution in [0.2, 0.25) is 0 Å². The van der Waals surface area contributed by atoms with E-state index >= 15 is 0 Å². The van der Waals surface area contributed by atoms with Gasteiger partial charge in [0, 0.05) is 13.0 Å². The molecule has 0 bridgehead atoms. The predicted octanol–water partition coefficient (Wildman–Crippen LogP) is 0.358. The highest BCUT2D eigenvalue weighted by molar-refractivity contribution is 5.81. The molecule has 0 radical (unpaired) electrons. The number of hydrogen-bond acceptors (Lipinski definition) is 5. The van der Waals surface area contributed by atoms with Gasteiger partial charge < -0.3 is 14.6 Å². The minimum absolute atomic E-state index is 0.329. The number of carbonyl (C=O) groups is 2. The van der Waals surface area contributed by atoms with Gasteiger partial charge in [-0.05, 0) is 0 Å². The standard InChI is InChI=1S/C4H6O3.C4H6O2/c1-2-4(6)7-3-5;1-3-6-4(2)5/h2,5H,1,3H2;3H,1H2,2H3. The summed E-state index contributed by atoms with van der Waals surface area (Å²) in [5, 5.41) is 7.88. The van der Waals surface area contributed by atoms with Gasteiger partial charge in [0.15, 0.2) is 6.79 Å². The smallest absolute Gasteiger partial charge is 0.332 e. The van der Waals surface area contributed by atoms with E-state index in [0.29, 0.717) is 0 Å². The average Bonchev–Trinajstić information content (AvgIpc) is 2.05. The van der Waals surface area contributed by atoms with Crippen LogP contribution in [0.5, 0.6) is 0 Å². The molecule has 0 aliphatic carbocycles. The van der Waals surface area contributed by atoms with Gasteiger partial charge in [-0.2, -0.15) is 0 Å². The van der Waals surface area contributed by atoms with Crippen molar-refractivity contribution in [3.63, 3.8) is 0 Å². The Bertz CT molecular complexity index is 185. The molecule has 0 aromatic rings. The molecule has 0 aliphatic rings. The average molecular weight is 188 g/mol. The molecule has 0 amide bonds. The highest BCUT2D eigenvalue weighted by atomic mass is 16.6. The zero-order valence-electron chi connectivity index (χ0n) is 7.36. The lowest BCUT2D eigenvalue weighted by molar-refractivity contribution is -0.145. The molecule has 13 heavy (non-hydrogen) atoms. The molecular weight excluding hydrogens is 176 g/mol. The van der Waals surface area contributed by atoms with Crippen molar-refractivity contribution in [2.45, 2.75) is 6.92 Å². The Hall–Kier alpha value is -1.62. The first-order valence-corrected chi connectivity index (χ1v) is 3.26. The van der Waals surface area contributed by atoms with Crippen LogP contribution in [-0.4, -0.2) is 23.8 Å². The summed E-state index contributed by atoms with van der Waals surface area (Å²) >= 11 is 0. The quantitative estimate of drug-likeness (QED) is 0.299. The molecular formula is C8H12O5. The van der Waals surface area contributed by atoms with Crippen LogP contribution >= 0.6 is 0 Å². The summed E-state index contributed by atoms with van der Waals surface area (Å²) in [5.41, 5.74) is 0. The third-order valence-corrected chi connectivity index (χ3v) is 0.623. The summed E-state index contributed by atoms with van der Waals surface area (Å²) in [4.78, 5) is 19.7. The Labute approximate surface area is 76.3 Å². The molecule has 0 aromatic carbocycles. The van der Waals surface area contributed by atoms with Gasteiger partial charge in [-0.3, -0.25) is 4.79 Å². The van der Waals surface area contributed by atoms with E-state index in [9.17, 15) is 9.59 Å². The first-order chi connectivity index (χ1) is 6.08. The fourth-order valence-electron chi connectivity index (χ4n) is 0.240. The zero-order valence-corrected chi connectivity index (χ0v) is 7.36. The molecule has 0 atom stereocenters. The summed E-state index contributed by atoms with van der Waals surface area (Å²) in [6.07, 6.45) is 2.08. The molecule has 0 unspecified atom stereocenters. The van der Waals surface area contributed by atoms with Crippen molar-refractivity contribution < 1.29 is 24.2 Å². The summed E-state index contributed by atoms with van der Waals surface area (Å²) in [7, 11) is 0. The normalized spacial score (nSPS) is 7.23. The van der Waals surface area contributed by atoms with Gasteiger partial charge in [0.25, 0.3) is 0 Å². The van der Waals surface area contributed by atoms with E-state index in [1.165, 1.54) is 6.92 Å². The second-order valence-electron chi connectivity index (χ2n) is 1.57. The second kappa shape index (κ2) is 10.4. The zero-order chi connectivity index (χ0) is 10.7. The van der Waals surface area contributed by atoms with Crippen LogP contribution in [-0.2, 0) is 19.1 Å². The van der Waals surface area contributed by atoms with Crippen LogP contribution < -0.4 is 0 Å². The molecule has 0 saturated heterocycles.